The fraction of sp³-hybridized carbons (Fsp3) is 0.474. The van der Waals surface area contributed by atoms with Crippen LogP contribution in [0.4, 0.5) is 10.2 Å². The Morgan fingerprint density at radius 3 is 2.59 bits per heavy atom. The average molecular weight is 577 g/mol. The molecule has 0 aliphatic heterocycles. The number of hydrogen-bond donors (Lipinski definition) is 2. The number of hydrogen-bond acceptors (Lipinski definition) is 9. The molecule has 186 valence electrons. The van der Waals surface area contributed by atoms with Gasteiger partial charge in [-0.25, -0.2) is 27.3 Å². The zero-order valence-electron chi connectivity index (χ0n) is 19.7. The van der Waals surface area contributed by atoms with Gasteiger partial charge in [-0.05, 0) is 62.6 Å². The van der Waals surface area contributed by atoms with E-state index in [0.29, 0.717) is 18.8 Å². The van der Waals surface area contributed by atoms with E-state index in [0.717, 1.165) is 4.57 Å². The molecule has 0 aliphatic carbocycles. The van der Waals surface area contributed by atoms with E-state index < -0.39 is 29.7 Å². The number of halogens is 2. The summed E-state index contributed by atoms with van der Waals surface area (Å²) in [7, 11) is -4.69. The Morgan fingerprint density at radius 2 is 1.94 bits per heavy atom. The lowest BCUT2D eigenvalue weighted by atomic mass is 10.2. The van der Waals surface area contributed by atoms with Gasteiger partial charge in [0.05, 0.1) is 20.1 Å². The number of anilines is 1. The van der Waals surface area contributed by atoms with Crippen LogP contribution in [-0.2, 0) is 9.92 Å². The summed E-state index contributed by atoms with van der Waals surface area (Å²) in [4.78, 5) is 12.3. The molecular formula is C19H27BrFN7O4SSi. The van der Waals surface area contributed by atoms with Gasteiger partial charge in [-0.3, -0.25) is 8.55 Å². The summed E-state index contributed by atoms with van der Waals surface area (Å²) in [5, 5.41) is 14.4. The first-order chi connectivity index (χ1) is 15.7. The van der Waals surface area contributed by atoms with E-state index in [-0.39, 0.29) is 26.8 Å². The second-order valence-corrected chi connectivity index (χ2v) is 17.3. The Morgan fingerprint density at radius 1 is 1.24 bits per heavy atom. The third-order valence-corrected chi connectivity index (χ3v) is 13.7. The van der Waals surface area contributed by atoms with E-state index in [1.807, 2.05) is 0 Å². The quantitative estimate of drug-likeness (QED) is 0.305. The molecule has 2 N–H and O–H groups in total. The van der Waals surface area contributed by atoms with Gasteiger partial charge in [0, 0.05) is 19.3 Å². The van der Waals surface area contributed by atoms with Crippen molar-refractivity contribution < 1.29 is 17.8 Å². The van der Waals surface area contributed by atoms with Gasteiger partial charge in [0.1, 0.15) is 5.82 Å². The molecule has 1 unspecified atom stereocenters. The van der Waals surface area contributed by atoms with E-state index in [1.165, 1.54) is 18.2 Å². The van der Waals surface area contributed by atoms with E-state index in [9.17, 15) is 13.4 Å². The van der Waals surface area contributed by atoms with Crippen LogP contribution in [-0.4, -0.2) is 51.8 Å². The van der Waals surface area contributed by atoms with Crippen molar-refractivity contribution in [1.82, 2.24) is 24.8 Å². The van der Waals surface area contributed by atoms with Crippen molar-refractivity contribution in [2.45, 2.75) is 38.9 Å². The average Bonchev–Trinajstić information content (AvgIpc) is 3.32. The highest BCUT2D eigenvalue weighted by molar-refractivity contribution is 9.10. The fourth-order valence-corrected chi connectivity index (χ4v) is 8.41. The van der Waals surface area contributed by atoms with E-state index in [2.05, 4.69) is 79.3 Å². The topological polar surface area (TPSA) is 140 Å². The highest BCUT2D eigenvalue weighted by atomic mass is 79.9. The Labute approximate surface area is 206 Å². The Kier molecular flexibility index (Phi) is 7.50. The number of nitrogens with one attached hydrogen (secondary N) is 2. The molecule has 11 nitrogen and oxygen atoms in total. The van der Waals surface area contributed by atoms with Gasteiger partial charge < -0.3 is 5.32 Å². The fourth-order valence-electron chi connectivity index (χ4n) is 2.73. The molecule has 2 aromatic heterocycles. The maximum absolute atomic E-state index is 13.6. The first kappa shape index (κ1) is 26.2. The summed E-state index contributed by atoms with van der Waals surface area (Å²) in [6, 6.07) is 4.01. The summed E-state index contributed by atoms with van der Waals surface area (Å²) >= 11 is 3.09. The van der Waals surface area contributed by atoms with Crippen molar-refractivity contribution >= 4 is 39.9 Å². The number of rotatable bonds is 8. The van der Waals surface area contributed by atoms with Crippen molar-refractivity contribution in [3.8, 4) is 17.2 Å². The lowest BCUT2D eigenvalue weighted by molar-refractivity contribution is 0.309. The normalized spacial score (nSPS) is 14.1. The second-order valence-electron chi connectivity index (χ2n) is 9.19. The summed E-state index contributed by atoms with van der Waals surface area (Å²) in [6.07, 6.45) is 1.59. The van der Waals surface area contributed by atoms with Gasteiger partial charge in [-0.2, -0.15) is 0 Å². The van der Waals surface area contributed by atoms with E-state index in [4.69, 9.17) is 9.15 Å². The highest BCUT2D eigenvalue weighted by Gasteiger charge is 2.37. The van der Waals surface area contributed by atoms with Crippen LogP contribution in [0.5, 0.6) is 0 Å². The standard InChI is InChI=1S/C19H27BrFN7O4SSi/c1-19(2,3)34(5,6)27-33(4,30)23-10-9-22-16-15(24-32-25-16)17-26-31-18(29)28(17)12-7-8-14(21)13(20)11-12/h7-8,11H,9-10H2,1-6H3,(H,22,25)(H,23,27,30). The minimum atomic E-state index is -2.59. The first-order valence-corrected chi connectivity index (χ1v) is 16.0. The third kappa shape index (κ3) is 5.82. The maximum Gasteiger partial charge on any atom is 0.446 e. The van der Waals surface area contributed by atoms with Gasteiger partial charge in [0.2, 0.25) is 11.6 Å². The minimum absolute atomic E-state index is 0.0208. The maximum atomic E-state index is 13.6. The Bertz CT molecular complexity index is 1360. The van der Waals surface area contributed by atoms with E-state index in [1.54, 1.807) is 6.26 Å². The molecule has 3 aromatic rings. The van der Waals surface area contributed by atoms with Crippen LogP contribution in [0.15, 0.2) is 40.6 Å². The van der Waals surface area contributed by atoms with Gasteiger partial charge in [0.25, 0.3) is 0 Å². The molecule has 1 atom stereocenters. The predicted octanol–water partition coefficient (Wildman–Crippen LogP) is 3.80. The molecule has 0 amide bonds. The number of nitrogens with zero attached hydrogens (tertiary/aromatic N) is 5. The predicted molar refractivity (Wildman–Crippen MR) is 133 cm³/mol. The van der Waals surface area contributed by atoms with Crippen LogP contribution in [0.1, 0.15) is 20.8 Å². The van der Waals surface area contributed by atoms with Crippen LogP contribution in [0.2, 0.25) is 18.1 Å². The molecule has 0 saturated carbocycles. The van der Waals surface area contributed by atoms with Gasteiger partial charge >= 0.3 is 5.76 Å². The van der Waals surface area contributed by atoms with Gasteiger partial charge in [0.15, 0.2) is 13.9 Å². The van der Waals surface area contributed by atoms with Crippen LogP contribution < -0.4 is 15.8 Å². The van der Waals surface area contributed by atoms with Crippen LogP contribution in [0.25, 0.3) is 17.2 Å². The van der Waals surface area contributed by atoms with Crippen molar-refractivity contribution in [1.29, 1.82) is 0 Å². The van der Waals surface area contributed by atoms with Crippen molar-refractivity contribution in [3.05, 3.63) is 39.0 Å². The second kappa shape index (κ2) is 9.71. The van der Waals surface area contributed by atoms with Crippen LogP contribution >= 0.6 is 15.9 Å². The van der Waals surface area contributed by atoms with Crippen molar-refractivity contribution in [2.24, 2.45) is 4.03 Å². The largest absolute Gasteiger partial charge is 0.446 e. The number of benzene rings is 1. The third-order valence-electron chi connectivity index (χ3n) is 5.49. The minimum Gasteiger partial charge on any atom is -0.364 e. The molecule has 15 heteroatoms. The molecule has 2 heterocycles. The monoisotopic (exact) mass is 575 g/mol. The lowest BCUT2D eigenvalue weighted by Gasteiger charge is -2.33. The zero-order valence-corrected chi connectivity index (χ0v) is 23.1. The summed E-state index contributed by atoms with van der Waals surface area (Å²) in [6.45, 7) is 11.1. The molecule has 0 radical (unpaired) electrons. The lowest BCUT2D eigenvalue weighted by Crippen LogP contribution is -2.39. The smallest absolute Gasteiger partial charge is 0.364 e. The van der Waals surface area contributed by atoms with Gasteiger partial charge in [-0.15, -0.1) is 0 Å². The highest BCUT2D eigenvalue weighted by Crippen LogP contribution is 2.37. The SMILES string of the molecule is CC(C)(C)[Si](C)(C)N=S(C)(=O)NCCNc1nonc1-c1noc(=O)n1-c1ccc(F)c(Br)c1. The molecule has 34 heavy (non-hydrogen) atoms. The molecule has 0 spiro atoms. The zero-order chi connectivity index (χ0) is 25.3. The van der Waals surface area contributed by atoms with Crippen LogP contribution in [0, 0.1) is 5.82 Å². The molecule has 1 aromatic carbocycles. The summed E-state index contributed by atoms with van der Waals surface area (Å²) in [5.41, 5.74) is 0.428. The van der Waals surface area contributed by atoms with Crippen LogP contribution in [0.3, 0.4) is 0 Å². The molecule has 0 fully saturated rings. The summed E-state index contributed by atoms with van der Waals surface area (Å²) < 4.78 is 45.1. The molecule has 3 rings (SSSR count). The molecule has 0 saturated heterocycles. The Balaban J connectivity index is 1.76. The Hall–Kier alpha value is -2.36. The van der Waals surface area contributed by atoms with Crippen molar-refractivity contribution in [2.75, 3.05) is 24.7 Å². The molecular weight excluding hydrogens is 549 g/mol. The summed E-state index contributed by atoms with van der Waals surface area (Å²) in [5.74, 6) is -1.05. The van der Waals surface area contributed by atoms with Gasteiger partial charge in [-0.1, -0.05) is 25.9 Å². The molecule has 0 bridgehead atoms. The number of aromatic nitrogens is 4. The van der Waals surface area contributed by atoms with E-state index >= 15 is 0 Å². The first-order valence-electron chi connectivity index (χ1n) is 10.3. The van der Waals surface area contributed by atoms with Crippen molar-refractivity contribution in [3.63, 3.8) is 0 Å². The molecule has 0 aliphatic rings.